The first-order valence-corrected chi connectivity index (χ1v) is 8.70. The second-order valence-electron chi connectivity index (χ2n) is 5.64. The van der Waals surface area contributed by atoms with E-state index in [-0.39, 0.29) is 5.69 Å². The number of hydrogen-bond donors (Lipinski definition) is 1. The molecule has 0 aliphatic carbocycles. The Hall–Kier alpha value is -2.33. The third kappa shape index (κ3) is 4.33. The molecule has 27 heavy (non-hydrogen) atoms. The third-order valence-corrected chi connectivity index (χ3v) is 4.58. The van der Waals surface area contributed by atoms with Crippen LogP contribution in [0.3, 0.4) is 0 Å². The predicted octanol–water partition coefficient (Wildman–Crippen LogP) is 4.35. The Bertz CT molecular complexity index is 998. The van der Waals surface area contributed by atoms with E-state index in [0.717, 1.165) is 10.2 Å². The fraction of sp³-hybridized carbons (Fsp3) is 0.188. The number of benzene rings is 1. The molecule has 3 rings (SSSR count). The fourth-order valence-corrected chi connectivity index (χ4v) is 3.41. The highest BCUT2D eigenvalue weighted by molar-refractivity contribution is 9.10. The van der Waals surface area contributed by atoms with Crippen LogP contribution in [0.25, 0.3) is 0 Å². The number of aryl methyl sites for hydroxylation is 1. The van der Waals surface area contributed by atoms with Crippen molar-refractivity contribution in [2.75, 3.05) is 5.32 Å². The van der Waals surface area contributed by atoms with E-state index in [4.69, 9.17) is 11.6 Å². The number of aromatic nitrogens is 4. The summed E-state index contributed by atoms with van der Waals surface area (Å²) in [5.74, 6) is -0.741. The number of nitrogens with zero attached hydrogens (tertiary/aromatic N) is 4. The van der Waals surface area contributed by atoms with Crippen LogP contribution in [0.2, 0.25) is 5.02 Å². The molecule has 1 N–H and O–H groups in total. The monoisotopic (exact) mass is 461 g/mol. The Balaban J connectivity index is 1.76. The Kier molecular flexibility index (Phi) is 5.29. The Morgan fingerprint density at radius 3 is 2.74 bits per heavy atom. The molecule has 0 saturated carbocycles. The topological polar surface area (TPSA) is 64.7 Å². The van der Waals surface area contributed by atoms with Gasteiger partial charge in [-0.3, -0.25) is 14.2 Å². The molecule has 3 aromatic rings. The molecule has 6 nitrogen and oxygen atoms in total. The number of anilines is 1. The second kappa shape index (κ2) is 7.35. The average molecular weight is 463 g/mol. The van der Waals surface area contributed by atoms with Crippen LogP contribution in [0.5, 0.6) is 0 Å². The SMILES string of the molecule is Cn1nc(C(F)(F)F)c(Br)c1C(=O)Nc1cnn(Cc2cccc(Cl)c2)c1. The molecule has 0 atom stereocenters. The van der Waals surface area contributed by atoms with Gasteiger partial charge in [0.15, 0.2) is 5.69 Å². The molecule has 0 bridgehead atoms. The number of hydrogen-bond acceptors (Lipinski definition) is 3. The van der Waals surface area contributed by atoms with Crippen molar-refractivity contribution < 1.29 is 18.0 Å². The minimum absolute atomic E-state index is 0.245. The highest BCUT2D eigenvalue weighted by Crippen LogP contribution is 2.35. The van der Waals surface area contributed by atoms with Crippen molar-refractivity contribution in [1.29, 1.82) is 0 Å². The zero-order chi connectivity index (χ0) is 19.8. The number of nitrogens with one attached hydrogen (secondary N) is 1. The lowest BCUT2D eigenvalue weighted by atomic mass is 10.2. The normalized spacial score (nSPS) is 11.6. The van der Waals surface area contributed by atoms with Gasteiger partial charge in [0, 0.05) is 18.3 Å². The Morgan fingerprint density at radius 1 is 1.37 bits per heavy atom. The molecule has 142 valence electrons. The van der Waals surface area contributed by atoms with E-state index in [0.29, 0.717) is 17.3 Å². The molecule has 2 heterocycles. The van der Waals surface area contributed by atoms with E-state index >= 15 is 0 Å². The van der Waals surface area contributed by atoms with Crippen LogP contribution in [0.4, 0.5) is 18.9 Å². The quantitative estimate of drug-likeness (QED) is 0.627. The molecule has 2 aromatic heterocycles. The maximum atomic E-state index is 12.9. The summed E-state index contributed by atoms with van der Waals surface area (Å²) in [6.45, 7) is 0.421. The van der Waals surface area contributed by atoms with E-state index in [9.17, 15) is 18.0 Å². The molecule has 1 amide bonds. The average Bonchev–Trinajstić information content (AvgIpc) is 3.10. The summed E-state index contributed by atoms with van der Waals surface area (Å²) in [5, 5.41) is 10.6. The van der Waals surface area contributed by atoms with E-state index in [1.54, 1.807) is 23.0 Å². The Morgan fingerprint density at radius 2 is 2.11 bits per heavy atom. The molecule has 0 saturated heterocycles. The van der Waals surface area contributed by atoms with Crippen LogP contribution in [0.15, 0.2) is 41.1 Å². The minimum Gasteiger partial charge on any atom is -0.318 e. The molecular weight excluding hydrogens is 451 g/mol. The lowest BCUT2D eigenvalue weighted by Gasteiger charge is -2.04. The van der Waals surface area contributed by atoms with Gasteiger partial charge < -0.3 is 5.32 Å². The van der Waals surface area contributed by atoms with Gasteiger partial charge in [0.2, 0.25) is 0 Å². The van der Waals surface area contributed by atoms with Crippen molar-refractivity contribution in [3.8, 4) is 0 Å². The van der Waals surface area contributed by atoms with E-state index in [1.165, 1.54) is 13.2 Å². The van der Waals surface area contributed by atoms with Crippen molar-refractivity contribution in [2.24, 2.45) is 7.05 Å². The maximum absolute atomic E-state index is 12.9. The molecule has 0 radical (unpaired) electrons. The summed E-state index contributed by atoms with van der Waals surface area (Å²) in [6.07, 6.45) is -1.71. The van der Waals surface area contributed by atoms with Gasteiger partial charge in [-0.25, -0.2) is 0 Å². The van der Waals surface area contributed by atoms with Gasteiger partial charge in [-0.05, 0) is 33.6 Å². The van der Waals surface area contributed by atoms with Crippen molar-refractivity contribution in [3.05, 3.63) is 63.1 Å². The molecule has 0 spiro atoms. The summed E-state index contributed by atoms with van der Waals surface area (Å²) in [4.78, 5) is 12.4. The van der Waals surface area contributed by atoms with Gasteiger partial charge in [0.05, 0.1) is 22.9 Å². The maximum Gasteiger partial charge on any atom is 0.436 e. The molecule has 11 heteroatoms. The highest BCUT2D eigenvalue weighted by atomic mass is 79.9. The van der Waals surface area contributed by atoms with Crippen LogP contribution < -0.4 is 5.32 Å². The van der Waals surface area contributed by atoms with E-state index in [1.807, 2.05) is 12.1 Å². The van der Waals surface area contributed by atoms with Crippen molar-refractivity contribution in [2.45, 2.75) is 12.7 Å². The number of alkyl halides is 3. The zero-order valence-corrected chi connectivity index (χ0v) is 16.1. The minimum atomic E-state index is -4.67. The van der Waals surface area contributed by atoms with Gasteiger partial charge >= 0.3 is 6.18 Å². The van der Waals surface area contributed by atoms with Crippen molar-refractivity contribution >= 4 is 39.1 Å². The largest absolute Gasteiger partial charge is 0.436 e. The molecular formula is C16H12BrClF3N5O. The van der Waals surface area contributed by atoms with Crippen LogP contribution in [-0.2, 0) is 19.8 Å². The van der Waals surface area contributed by atoms with Crippen LogP contribution >= 0.6 is 27.5 Å². The van der Waals surface area contributed by atoms with Crippen molar-refractivity contribution in [3.63, 3.8) is 0 Å². The fourth-order valence-electron chi connectivity index (χ4n) is 2.45. The predicted molar refractivity (Wildman–Crippen MR) is 96.6 cm³/mol. The summed E-state index contributed by atoms with van der Waals surface area (Å²) in [6, 6.07) is 7.22. The number of amides is 1. The molecule has 1 aromatic carbocycles. The first-order chi connectivity index (χ1) is 12.6. The van der Waals surface area contributed by atoms with Crippen molar-refractivity contribution in [1.82, 2.24) is 19.6 Å². The van der Waals surface area contributed by atoms with E-state index in [2.05, 4.69) is 31.4 Å². The second-order valence-corrected chi connectivity index (χ2v) is 6.87. The van der Waals surface area contributed by atoms with E-state index < -0.39 is 22.3 Å². The van der Waals surface area contributed by atoms with Crippen LogP contribution in [-0.4, -0.2) is 25.5 Å². The summed E-state index contributed by atoms with van der Waals surface area (Å²) >= 11 is 8.75. The number of carbonyl (C=O) groups is 1. The first kappa shape index (κ1) is 19.4. The molecule has 0 unspecified atom stereocenters. The Labute approximate surface area is 165 Å². The standard InChI is InChI=1S/C16H12BrClF3N5O/c1-25-13(12(17)14(24-25)16(19,20)21)15(27)23-11-6-22-26(8-11)7-9-3-2-4-10(18)5-9/h2-6,8H,7H2,1H3,(H,23,27). The van der Waals surface area contributed by atoms with Gasteiger partial charge in [-0.15, -0.1) is 0 Å². The molecule has 0 fully saturated rings. The third-order valence-electron chi connectivity index (χ3n) is 3.60. The summed E-state index contributed by atoms with van der Waals surface area (Å²) < 4.78 is 40.8. The van der Waals surface area contributed by atoms with Gasteiger partial charge in [-0.1, -0.05) is 23.7 Å². The van der Waals surface area contributed by atoms with Crippen LogP contribution in [0.1, 0.15) is 21.7 Å². The molecule has 0 aliphatic heterocycles. The number of halogens is 5. The lowest BCUT2D eigenvalue weighted by Crippen LogP contribution is -2.16. The number of rotatable bonds is 4. The molecule has 0 aliphatic rings. The summed E-state index contributed by atoms with van der Waals surface area (Å²) in [7, 11) is 1.26. The summed E-state index contributed by atoms with van der Waals surface area (Å²) in [5.41, 5.74) is -0.159. The van der Waals surface area contributed by atoms with Crippen LogP contribution in [0, 0.1) is 0 Å². The van der Waals surface area contributed by atoms with Gasteiger partial charge in [0.25, 0.3) is 5.91 Å². The highest BCUT2D eigenvalue weighted by Gasteiger charge is 2.39. The lowest BCUT2D eigenvalue weighted by molar-refractivity contribution is -0.142. The number of carbonyl (C=O) groups excluding carboxylic acids is 1. The van der Waals surface area contributed by atoms with Gasteiger partial charge in [0.1, 0.15) is 5.69 Å². The van der Waals surface area contributed by atoms with Gasteiger partial charge in [-0.2, -0.15) is 23.4 Å². The first-order valence-electron chi connectivity index (χ1n) is 7.53. The smallest absolute Gasteiger partial charge is 0.318 e. The zero-order valence-electron chi connectivity index (χ0n) is 13.8.